The van der Waals surface area contributed by atoms with Gasteiger partial charge in [0.2, 0.25) is 0 Å². The molecule has 1 rings (SSSR count). The predicted molar refractivity (Wildman–Crippen MR) is 75.7 cm³/mol. The van der Waals surface area contributed by atoms with E-state index in [1.54, 1.807) is 7.11 Å². The number of ether oxygens (including phenoxy) is 1. The second-order valence-electron chi connectivity index (χ2n) is 3.23. The summed E-state index contributed by atoms with van der Waals surface area (Å²) >= 11 is 5.55. The van der Waals surface area contributed by atoms with Gasteiger partial charge >= 0.3 is 0 Å². The van der Waals surface area contributed by atoms with E-state index in [-0.39, 0.29) is 5.91 Å². The van der Waals surface area contributed by atoms with Crippen molar-refractivity contribution in [1.82, 2.24) is 5.32 Å². The topological polar surface area (TPSA) is 38.3 Å². The zero-order valence-electron chi connectivity index (χ0n) is 8.93. The average molecular weight is 398 g/mol. The molecule has 0 spiro atoms. The third kappa shape index (κ3) is 4.39. The molecule has 3 nitrogen and oxygen atoms in total. The van der Waals surface area contributed by atoms with Crippen molar-refractivity contribution in [3.05, 3.63) is 31.8 Å². The normalized spacial score (nSPS) is 10.2. The maximum absolute atomic E-state index is 11.8. The molecule has 0 heterocycles. The molecule has 0 aliphatic carbocycles. The van der Waals surface area contributed by atoms with Crippen LogP contribution in [0.2, 0.25) is 0 Å². The third-order valence-electron chi connectivity index (χ3n) is 1.98. The van der Waals surface area contributed by atoms with Gasteiger partial charge in [-0.25, -0.2) is 0 Å². The molecule has 1 amide bonds. The lowest BCUT2D eigenvalue weighted by atomic mass is 10.2. The highest BCUT2D eigenvalue weighted by atomic mass is 127. The molecular formula is C11H13BrINO2. The van der Waals surface area contributed by atoms with Crippen molar-refractivity contribution in [3.8, 4) is 0 Å². The monoisotopic (exact) mass is 397 g/mol. The fraction of sp³-hybridized carbons (Fsp3) is 0.364. The summed E-state index contributed by atoms with van der Waals surface area (Å²) in [6, 6.07) is 5.69. The van der Waals surface area contributed by atoms with Crippen LogP contribution in [0, 0.1) is 3.57 Å². The van der Waals surface area contributed by atoms with Crippen LogP contribution in [0.15, 0.2) is 22.7 Å². The van der Waals surface area contributed by atoms with E-state index < -0.39 is 0 Å². The molecule has 0 fully saturated rings. The number of benzene rings is 1. The van der Waals surface area contributed by atoms with Gasteiger partial charge in [-0.2, -0.15) is 0 Å². The second kappa shape index (κ2) is 7.24. The molecule has 5 heteroatoms. The van der Waals surface area contributed by atoms with Crippen LogP contribution >= 0.6 is 38.5 Å². The van der Waals surface area contributed by atoms with Crippen molar-refractivity contribution in [2.45, 2.75) is 6.42 Å². The maximum atomic E-state index is 11.8. The number of amides is 1. The van der Waals surface area contributed by atoms with Gasteiger partial charge in [-0.3, -0.25) is 4.79 Å². The molecular weight excluding hydrogens is 385 g/mol. The Balaban J connectivity index is 2.55. The van der Waals surface area contributed by atoms with Gasteiger partial charge < -0.3 is 10.1 Å². The standard InChI is InChI=1S/C11H13BrINO2/c1-16-6-2-5-14-11(15)9-7-8(13)3-4-10(9)12/h3-4,7H,2,5-6H2,1H3,(H,14,15). The summed E-state index contributed by atoms with van der Waals surface area (Å²) in [5, 5.41) is 2.85. The van der Waals surface area contributed by atoms with Gasteiger partial charge in [0.05, 0.1) is 5.56 Å². The van der Waals surface area contributed by atoms with E-state index in [2.05, 4.69) is 43.8 Å². The number of nitrogens with one attached hydrogen (secondary N) is 1. The Morgan fingerprint density at radius 3 is 3.00 bits per heavy atom. The van der Waals surface area contributed by atoms with Crippen LogP contribution in [0.3, 0.4) is 0 Å². The van der Waals surface area contributed by atoms with E-state index in [9.17, 15) is 4.79 Å². The molecule has 0 radical (unpaired) electrons. The van der Waals surface area contributed by atoms with E-state index in [1.165, 1.54) is 0 Å². The first-order chi connectivity index (χ1) is 7.65. The second-order valence-corrected chi connectivity index (χ2v) is 5.33. The Kier molecular flexibility index (Phi) is 6.30. The first kappa shape index (κ1) is 13.9. The molecule has 0 bridgehead atoms. The molecule has 1 N–H and O–H groups in total. The largest absolute Gasteiger partial charge is 0.385 e. The summed E-state index contributed by atoms with van der Waals surface area (Å²) in [6.07, 6.45) is 0.823. The number of carbonyl (C=O) groups is 1. The first-order valence-corrected chi connectivity index (χ1v) is 6.74. The van der Waals surface area contributed by atoms with E-state index in [0.717, 1.165) is 14.5 Å². The first-order valence-electron chi connectivity index (χ1n) is 4.87. The minimum atomic E-state index is -0.0542. The summed E-state index contributed by atoms with van der Waals surface area (Å²) < 4.78 is 6.77. The fourth-order valence-electron chi connectivity index (χ4n) is 1.19. The zero-order chi connectivity index (χ0) is 12.0. The molecule has 88 valence electrons. The Labute approximate surface area is 117 Å². The Hall–Kier alpha value is -0.140. The molecule has 1 aromatic rings. The highest BCUT2D eigenvalue weighted by Gasteiger charge is 2.09. The number of hydrogen-bond acceptors (Lipinski definition) is 2. The van der Waals surface area contributed by atoms with Crippen LogP contribution in [0.4, 0.5) is 0 Å². The van der Waals surface area contributed by atoms with Gasteiger partial charge in [0.25, 0.3) is 5.91 Å². The average Bonchev–Trinajstić information content (AvgIpc) is 2.27. The molecule has 1 aromatic carbocycles. The molecule has 0 saturated heterocycles. The van der Waals surface area contributed by atoms with Gasteiger partial charge in [0, 0.05) is 28.3 Å². The van der Waals surface area contributed by atoms with E-state index in [4.69, 9.17) is 4.74 Å². The summed E-state index contributed by atoms with van der Waals surface area (Å²) in [5.41, 5.74) is 0.671. The van der Waals surface area contributed by atoms with Crippen LogP contribution in [0.5, 0.6) is 0 Å². The smallest absolute Gasteiger partial charge is 0.252 e. The van der Waals surface area contributed by atoms with Gasteiger partial charge in [-0.15, -0.1) is 0 Å². The number of halogens is 2. The van der Waals surface area contributed by atoms with Crippen molar-refractivity contribution in [3.63, 3.8) is 0 Å². The molecule has 0 aliphatic heterocycles. The van der Waals surface area contributed by atoms with Crippen LogP contribution in [-0.2, 0) is 4.74 Å². The van der Waals surface area contributed by atoms with Crippen LogP contribution in [0.1, 0.15) is 16.8 Å². The van der Waals surface area contributed by atoms with Crippen molar-refractivity contribution in [2.75, 3.05) is 20.3 Å². The summed E-state index contributed by atoms with van der Waals surface area (Å²) in [6.45, 7) is 1.29. The highest BCUT2D eigenvalue weighted by Crippen LogP contribution is 2.19. The van der Waals surface area contributed by atoms with E-state index in [1.807, 2.05) is 18.2 Å². The third-order valence-corrected chi connectivity index (χ3v) is 3.35. The van der Waals surface area contributed by atoms with Gasteiger partial charge in [-0.1, -0.05) is 0 Å². The lowest BCUT2D eigenvalue weighted by Crippen LogP contribution is -2.25. The van der Waals surface area contributed by atoms with Gasteiger partial charge in [0.15, 0.2) is 0 Å². The Bertz CT molecular complexity index is 371. The molecule has 0 unspecified atom stereocenters. The molecule has 0 atom stereocenters. The van der Waals surface area contributed by atoms with Crippen LogP contribution in [0.25, 0.3) is 0 Å². The van der Waals surface area contributed by atoms with Crippen molar-refractivity contribution in [2.24, 2.45) is 0 Å². The summed E-state index contributed by atoms with van der Waals surface area (Å²) in [7, 11) is 1.65. The minimum absolute atomic E-state index is 0.0542. The fourth-order valence-corrected chi connectivity index (χ4v) is 2.10. The molecule has 0 saturated carbocycles. The number of rotatable bonds is 5. The number of carbonyl (C=O) groups excluding carboxylic acids is 1. The Morgan fingerprint density at radius 2 is 2.31 bits per heavy atom. The van der Waals surface area contributed by atoms with Crippen LogP contribution in [-0.4, -0.2) is 26.2 Å². The Morgan fingerprint density at radius 1 is 1.56 bits per heavy atom. The summed E-state index contributed by atoms with van der Waals surface area (Å²) in [4.78, 5) is 11.8. The lowest BCUT2D eigenvalue weighted by molar-refractivity contribution is 0.0948. The molecule has 0 aromatic heterocycles. The number of methoxy groups -OCH3 is 1. The maximum Gasteiger partial charge on any atom is 0.252 e. The highest BCUT2D eigenvalue weighted by molar-refractivity contribution is 14.1. The lowest BCUT2D eigenvalue weighted by Gasteiger charge is -2.07. The van der Waals surface area contributed by atoms with Crippen molar-refractivity contribution < 1.29 is 9.53 Å². The number of hydrogen-bond donors (Lipinski definition) is 1. The quantitative estimate of drug-likeness (QED) is 0.612. The predicted octanol–water partition coefficient (Wildman–Crippen LogP) is 2.82. The van der Waals surface area contributed by atoms with E-state index in [0.29, 0.717) is 18.7 Å². The minimum Gasteiger partial charge on any atom is -0.385 e. The molecule has 0 aliphatic rings. The van der Waals surface area contributed by atoms with Crippen LogP contribution < -0.4 is 5.32 Å². The van der Waals surface area contributed by atoms with Gasteiger partial charge in [0.1, 0.15) is 0 Å². The summed E-state index contributed by atoms with van der Waals surface area (Å²) in [5.74, 6) is -0.0542. The van der Waals surface area contributed by atoms with E-state index >= 15 is 0 Å². The molecule has 16 heavy (non-hydrogen) atoms. The van der Waals surface area contributed by atoms with Gasteiger partial charge in [-0.05, 0) is 63.1 Å². The van der Waals surface area contributed by atoms with Crippen molar-refractivity contribution in [1.29, 1.82) is 0 Å². The zero-order valence-corrected chi connectivity index (χ0v) is 12.7. The van der Waals surface area contributed by atoms with Crippen molar-refractivity contribution >= 4 is 44.4 Å². The SMILES string of the molecule is COCCCNC(=O)c1cc(I)ccc1Br.